The van der Waals surface area contributed by atoms with Gasteiger partial charge in [-0.1, -0.05) is 157 Å². The van der Waals surface area contributed by atoms with Crippen molar-refractivity contribution in [3.63, 3.8) is 0 Å². The van der Waals surface area contributed by atoms with Gasteiger partial charge >= 0.3 is 0 Å². The van der Waals surface area contributed by atoms with Gasteiger partial charge in [0.05, 0.1) is 17.8 Å². The van der Waals surface area contributed by atoms with Gasteiger partial charge in [-0.05, 0) is 124 Å². The van der Waals surface area contributed by atoms with Gasteiger partial charge in [-0.25, -0.2) is 0 Å². The van der Waals surface area contributed by atoms with Crippen LogP contribution in [-0.2, 0) is 0 Å². The van der Waals surface area contributed by atoms with Crippen molar-refractivity contribution < 1.29 is 22.2 Å². The second kappa shape index (κ2) is 11.8. The fourth-order valence-corrected chi connectivity index (χ4v) is 7.72. The smallest absolute Gasteiger partial charge is 0.135 e. The van der Waals surface area contributed by atoms with Crippen LogP contribution in [0.3, 0.4) is 0 Å². The Kier molecular flexibility index (Phi) is 4.36. The summed E-state index contributed by atoms with van der Waals surface area (Å²) in [5, 5.41) is 5.07. The molecule has 10 aromatic carbocycles. The number of hydrogen-bond donors (Lipinski definition) is 0. The Labute approximate surface area is 325 Å². The zero-order valence-electron chi connectivity index (χ0n) is 40.9. The summed E-state index contributed by atoms with van der Waals surface area (Å²) in [6.45, 7) is 0. The van der Waals surface area contributed by atoms with Crippen LogP contribution in [0.15, 0.2) is 198 Å². The summed E-state index contributed by atoms with van der Waals surface area (Å²) < 4.78 is 121. The van der Waals surface area contributed by atoms with Crippen LogP contribution in [-0.4, -0.2) is 0 Å². The van der Waals surface area contributed by atoms with E-state index < -0.39 is 84.1 Å². The zero-order valence-corrected chi connectivity index (χ0v) is 27.9. The third kappa shape index (κ3) is 4.79. The molecule has 0 saturated heterocycles. The van der Waals surface area contributed by atoms with E-state index in [4.69, 9.17) is 16.8 Å². The number of rotatable bonds is 4. The molecule has 0 aliphatic heterocycles. The van der Waals surface area contributed by atoms with E-state index >= 15 is 0 Å². The quantitative estimate of drug-likeness (QED) is 0.168. The van der Waals surface area contributed by atoms with Gasteiger partial charge in [0.25, 0.3) is 0 Å². The van der Waals surface area contributed by atoms with E-state index in [1.54, 1.807) is 12.1 Å². The molecule has 53 heavy (non-hydrogen) atoms. The van der Waals surface area contributed by atoms with Crippen molar-refractivity contribution in [2.24, 2.45) is 0 Å². The van der Waals surface area contributed by atoms with Gasteiger partial charge in [0, 0.05) is 10.8 Å². The maximum atomic E-state index is 9.28. The number of fused-ring (bicyclic) bond motifs is 7. The summed E-state index contributed by atoms with van der Waals surface area (Å²) in [5.41, 5.74) is 5.29. The first kappa shape index (κ1) is 19.6. The van der Waals surface area contributed by atoms with Gasteiger partial charge in [0.15, 0.2) is 0 Å². The first-order chi connectivity index (χ1) is 31.7. The number of furan rings is 1. The van der Waals surface area contributed by atoms with Gasteiger partial charge in [-0.2, -0.15) is 0 Å². The maximum absolute atomic E-state index is 9.28. The normalized spacial score (nSPS) is 15.2. The lowest BCUT2D eigenvalue weighted by atomic mass is 9.85. The maximum Gasteiger partial charge on any atom is 0.135 e. The second-order valence-corrected chi connectivity index (χ2v) is 13.1. The Morgan fingerprint density at radius 1 is 0.321 bits per heavy atom. The highest BCUT2D eigenvalue weighted by molar-refractivity contribution is 6.21. The molecule has 0 atom stereocenters. The molecule has 1 nitrogen and oxygen atoms in total. The third-order valence-electron chi connectivity index (χ3n) is 10.2. The SMILES string of the molecule is [2H]c1c([2H])c([2H])c(-c2c3c([2H])c([2H])c([2H])c([2H])c3c(-c3ccc4cc(-c5ccc6oc7ccc(-c8cccc9ccccc89)cc7c6c5)ccc4c3)c3c([2H])c([2H])c([2H])c([2H])c23)c([2H])c1[2H]. The molecule has 0 aliphatic rings. The van der Waals surface area contributed by atoms with Crippen molar-refractivity contribution in [3.8, 4) is 44.5 Å². The topological polar surface area (TPSA) is 13.1 Å². The fourth-order valence-electron chi connectivity index (χ4n) is 7.72. The Bertz CT molecular complexity index is 3870. The second-order valence-electron chi connectivity index (χ2n) is 13.1. The number of hydrogen-bond acceptors (Lipinski definition) is 1. The highest BCUT2D eigenvalue weighted by atomic mass is 16.3. The predicted octanol–water partition coefficient (Wildman–Crippen LogP) is 14.9. The standard InChI is InChI=1S/C52H32O/c1-2-12-34(13-3-1)51-43-16-6-8-18-45(43)52(46-19-9-7-17-44(46)51)40-24-23-35-29-36(21-22-37(35)30-40)38-25-27-49-47(31-38)48-32-39(26-28-50(48)53-49)42-20-10-14-33-11-4-5-15-41(33)42/h1-32H/i1D,2D,3D,6D,7D,8D,9D,12D,13D,16D,17D,18D,19D. The van der Waals surface area contributed by atoms with Crippen molar-refractivity contribution in [3.05, 3.63) is 194 Å². The van der Waals surface area contributed by atoms with Crippen molar-refractivity contribution in [1.29, 1.82) is 0 Å². The Morgan fingerprint density at radius 2 is 0.830 bits per heavy atom. The molecule has 0 unspecified atom stereocenters. The van der Waals surface area contributed by atoms with E-state index in [2.05, 4.69) is 48.5 Å². The van der Waals surface area contributed by atoms with E-state index in [1.807, 2.05) is 54.6 Å². The van der Waals surface area contributed by atoms with Gasteiger partial charge in [-0.15, -0.1) is 0 Å². The molecule has 1 aromatic heterocycles. The van der Waals surface area contributed by atoms with Gasteiger partial charge in [0.2, 0.25) is 0 Å². The predicted molar refractivity (Wildman–Crippen MR) is 225 cm³/mol. The molecular formula is C52H32O. The van der Waals surface area contributed by atoms with E-state index in [0.29, 0.717) is 5.56 Å². The molecule has 11 aromatic rings. The summed E-state index contributed by atoms with van der Waals surface area (Å²) in [6.07, 6.45) is 0. The molecule has 1 heteroatoms. The van der Waals surface area contributed by atoms with Crippen LogP contribution in [0, 0.1) is 0 Å². The van der Waals surface area contributed by atoms with Crippen molar-refractivity contribution in [2.45, 2.75) is 0 Å². The lowest BCUT2D eigenvalue weighted by Crippen LogP contribution is -1.90. The Balaban J connectivity index is 1.12. The lowest BCUT2D eigenvalue weighted by molar-refractivity contribution is 0.669. The van der Waals surface area contributed by atoms with Crippen molar-refractivity contribution in [2.75, 3.05) is 0 Å². The summed E-state index contributed by atoms with van der Waals surface area (Å²) in [5.74, 6) is 0. The van der Waals surface area contributed by atoms with Gasteiger partial charge in [0.1, 0.15) is 11.2 Å². The summed E-state index contributed by atoms with van der Waals surface area (Å²) in [6, 6.07) is 29.9. The van der Waals surface area contributed by atoms with Crippen molar-refractivity contribution >= 4 is 65.0 Å². The minimum atomic E-state index is -0.712. The van der Waals surface area contributed by atoms with E-state index in [-0.39, 0.29) is 32.7 Å². The summed E-state index contributed by atoms with van der Waals surface area (Å²) in [7, 11) is 0. The van der Waals surface area contributed by atoms with Gasteiger partial charge < -0.3 is 4.42 Å². The summed E-state index contributed by atoms with van der Waals surface area (Å²) in [4.78, 5) is 0. The molecule has 0 radical (unpaired) electrons. The van der Waals surface area contributed by atoms with Crippen LogP contribution in [0.2, 0.25) is 0 Å². The average Bonchev–Trinajstić information content (AvgIpc) is 3.71. The van der Waals surface area contributed by atoms with Crippen LogP contribution in [0.25, 0.3) is 110 Å². The molecule has 0 aliphatic carbocycles. The van der Waals surface area contributed by atoms with Crippen LogP contribution < -0.4 is 0 Å². The minimum absolute atomic E-state index is 0.0845. The highest BCUT2D eigenvalue weighted by Gasteiger charge is 2.17. The average molecular weight is 686 g/mol. The van der Waals surface area contributed by atoms with Crippen LogP contribution in [0.5, 0.6) is 0 Å². The van der Waals surface area contributed by atoms with Gasteiger partial charge in [-0.3, -0.25) is 0 Å². The first-order valence-corrected chi connectivity index (χ1v) is 17.2. The third-order valence-corrected chi connectivity index (χ3v) is 10.2. The van der Waals surface area contributed by atoms with E-state index in [0.717, 1.165) is 65.7 Å². The minimum Gasteiger partial charge on any atom is -0.456 e. The molecule has 0 amide bonds. The highest BCUT2D eigenvalue weighted by Crippen LogP contribution is 2.44. The molecule has 0 fully saturated rings. The Hall–Kier alpha value is -6.96. The lowest BCUT2D eigenvalue weighted by Gasteiger charge is -2.18. The summed E-state index contributed by atoms with van der Waals surface area (Å²) >= 11 is 0. The van der Waals surface area contributed by atoms with Crippen LogP contribution in [0.1, 0.15) is 17.8 Å². The molecule has 0 saturated carbocycles. The largest absolute Gasteiger partial charge is 0.456 e. The Morgan fingerprint density at radius 3 is 1.53 bits per heavy atom. The molecule has 0 N–H and O–H groups in total. The first-order valence-electron chi connectivity index (χ1n) is 23.7. The molecule has 246 valence electrons. The van der Waals surface area contributed by atoms with E-state index in [9.17, 15) is 5.48 Å². The monoisotopic (exact) mass is 685 g/mol. The van der Waals surface area contributed by atoms with Crippen LogP contribution >= 0.6 is 0 Å². The number of benzene rings is 10. The van der Waals surface area contributed by atoms with E-state index in [1.165, 1.54) is 0 Å². The fraction of sp³-hybridized carbons (Fsp3) is 0. The van der Waals surface area contributed by atoms with Crippen molar-refractivity contribution in [1.82, 2.24) is 0 Å². The zero-order chi connectivity index (χ0) is 46.2. The molecule has 11 rings (SSSR count). The van der Waals surface area contributed by atoms with Crippen LogP contribution in [0.4, 0.5) is 0 Å². The molecule has 1 heterocycles. The molecule has 0 spiro atoms. The molecule has 0 bridgehead atoms. The molecular weight excluding hydrogens is 641 g/mol.